The number of nitrogens with zero attached hydrogens (tertiary/aromatic N) is 5. The van der Waals surface area contributed by atoms with E-state index in [1.807, 2.05) is 30.3 Å². The van der Waals surface area contributed by atoms with Crippen LogP contribution in [0.25, 0.3) is 10.6 Å². The number of methoxy groups -OCH3 is 1. The van der Waals surface area contributed by atoms with Crippen LogP contribution in [0.2, 0.25) is 0 Å². The predicted molar refractivity (Wildman–Crippen MR) is 111 cm³/mol. The third kappa shape index (κ3) is 3.98. The molecule has 0 atom stereocenters. The van der Waals surface area contributed by atoms with Gasteiger partial charge in [-0.05, 0) is 36.4 Å². The normalized spacial score (nSPS) is 14.6. The van der Waals surface area contributed by atoms with E-state index in [2.05, 4.69) is 26.2 Å². The molecule has 3 aromatic rings. The molecule has 0 bridgehead atoms. The molecule has 142 valence electrons. The molecule has 1 aliphatic heterocycles. The van der Waals surface area contributed by atoms with Crippen LogP contribution in [-0.2, 0) is 6.54 Å². The van der Waals surface area contributed by atoms with Crippen LogP contribution in [0.3, 0.4) is 0 Å². The van der Waals surface area contributed by atoms with Gasteiger partial charge in [0, 0.05) is 49.9 Å². The number of ether oxygens (including phenoxy) is 1. The van der Waals surface area contributed by atoms with Crippen molar-refractivity contribution >= 4 is 17.2 Å². The minimum Gasteiger partial charge on any atom is -0.497 e. The zero-order valence-electron chi connectivity index (χ0n) is 15.7. The molecule has 0 radical (unpaired) electrons. The van der Waals surface area contributed by atoms with Gasteiger partial charge >= 0.3 is 0 Å². The molecular weight excluding hydrogens is 370 g/mol. The lowest BCUT2D eigenvalue weighted by atomic mass is 10.2. The van der Waals surface area contributed by atoms with E-state index in [-0.39, 0.29) is 0 Å². The van der Waals surface area contributed by atoms with Crippen LogP contribution in [0.5, 0.6) is 5.75 Å². The number of benzene rings is 1. The lowest BCUT2D eigenvalue weighted by Crippen LogP contribution is -2.46. The summed E-state index contributed by atoms with van der Waals surface area (Å²) in [5, 5.41) is 12.4. The third-order valence-corrected chi connectivity index (χ3v) is 5.79. The number of hydrogen-bond acceptors (Lipinski definition) is 7. The highest BCUT2D eigenvalue weighted by Crippen LogP contribution is 2.26. The molecule has 0 N–H and O–H groups in total. The average Bonchev–Trinajstić information content (AvgIpc) is 3.23. The van der Waals surface area contributed by atoms with Gasteiger partial charge in [0.2, 0.25) is 0 Å². The molecule has 0 saturated carbocycles. The third-order valence-electron chi connectivity index (χ3n) is 4.85. The van der Waals surface area contributed by atoms with Crippen LogP contribution in [0, 0.1) is 11.3 Å². The monoisotopic (exact) mass is 391 g/mol. The Morgan fingerprint density at radius 1 is 1.14 bits per heavy atom. The molecule has 2 aromatic heterocycles. The van der Waals surface area contributed by atoms with Crippen molar-refractivity contribution in [3.8, 4) is 22.4 Å². The maximum Gasteiger partial charge on any atom is 0.146 e. The standard InChI is InChI=1S/C21H21N5OS/c1-27-19-6-4-16(5-7-19)21-24-18(15-28-21)14-25-9-11-26(12-10-25)20-17(13-22)3-2-8-23-20/h2-8,15H,9-12,14H2,1H3. The average molecular weight is 392 g/mol. The lowest BCUT2D eigenvalue weighted by Gasteiger charge is -2.35. The number of piperazine rings is 1. The summed E-state index contributed by atoms with van der Waals surface area (Å²) in [5.74, 6) is 1.64. The van der Waals surface area contributed by atoms with Gasteiger partial charge in [0.05, 0.1) is 18.4 Å². The zero-order valence-corrected chi connectivity index (χ0v) is 16.5. The highest BCUT2D eigenvalue weighted by Gasteiger charge is 2.21. The number of anilines is 1. The summed E-state index contributed by atoms with van der Waals surface area (Å²) in [7, 11) is 1.67. The van der Waals surface area contributed by atoms with Crippen molar-refractivity contribution in [2.24, 2.45) is 0 Å². The second-order valence-electron chi connectivity index (χ2n) is 6.62. The number of hydrogen-bond donors (Lipinski definition) is 0. The first-order valence-electron chi connectivity index (χ1n) is 9.18. The van der Waals surface area contributed by atoms with Crippen LogP contribution in [0.15, 0.2) is 48.0 Å². The topological polar surface area (TPSA) is 65.3 Å². The van der Waals surface area contributed by atoms with Gasteiger partial charge in [0.1, 0.15) is 22.6 Å². The molecular formula is C21H21N5OS. The van der Waals surface area contributed by atoms with Crippen molar-refractivity contribution in [3.63, 3.8) is 0 Å². The van der Waals surface area contributed by atoms with Gasteiger partial charge in [-0.1, -0.05) is 0 Å². The molecule has 1 fully saturated rings. The molecule has 0 unspecified atom stereocenters. The molecule has 3 heterocycles. The van der Waals surface area contributed by atoms with E-state index >= 15 is 0 Å². The van der Waals surface area contributed by atoms with Gasteiger partial charge in [-0.2, -0.15) is 5.26 Å². The van der Waals surface area contributed by atoms with Crippen LogP contribution in [0.4, 0.5) is 5.82 Å². The summed E-state index contributed by atoms with van der Waals surface area (Å²) < 4.78 is 5.22. The fraction of sp³-hybridized carbons (Fsp3) is 0.286. The molecule has 0 aliphatic carbocycles. The van der Waals surface area contributed by atoms with E-state index in [1.54, 1.807) is 30.7 Å². The Labute approximate surface area is 168 Å². The first kappa shape index (κ1) is 18.4. The Balaban J connectivity index is 1.36. The SMILES string of the molecule is COc1ccc(-c2nc(CN3CCN(c4ncccc4C#N)CC3)cs2)cc1. The highest BCUT2D eigenvalue weighted by molar-refractivity contribution is 7.13. The van der Waals surface area contributed by atoms with Gasteiger partial charge < -0.3 is 9.64 Å². The first-order valence-corrected chi connectivity index (χ1v) is 10.1. The molecule has 6 nitrogen and oxygen atoms in total. The molecule has 1 aromatic carbocycles. The molecule has 0 spiro atoms. The van der Waals surface area contributed by atoms with E-state index in [0.717, 1.165) is 60.6 Å². The Hall–Kier alpha value is -2.95. The van der Waals surface area contributed by atoms with Crippen molar-refractivity contribution in [2.75, 3.05) is 38.2 Å². The molecule has 4 rings (SSSR count). The molecule has 28 heavy (non-hydrogen) atoms. The zero-order chi connectivity index (χ0) is 19.3. The predicted octanol–water partition coefficient (Wildman–Crippen LogP) is 3.41. The summed E-state index contributed by atoms with van der Waals surface area (Å²) in [5.41, 5.74) is 2.85. The number of nitriles is 1. The quantitative estimate of drug-likeness (QED) is 0.664. The van der Waals surface area contributed by atoms with Crippen LogP contribution < -0.4 is 9.64 Å². The van der Waals surface area contributed by atoms with Crippen molar-refractivity contribution in [2.45, 2.75) is 6.54 Å². The van der Waals surface area contributed by atoms with Gasteiger partial charge in [0.25, 0.3) is 0 Å². The number of thiazole rings is 1. The molecule has 1 aliphatic rings. The Bertz CT molecular complexity index is 971. The van der Waals surface area contributed by atoms with Crippen molar-refractivity contribution in [3.05, 3.63) is 59.2 Å². The summed E-state index contributed by atoms with van der Waals surface area (Å²) in [6.45, 7) is 4.42. The molecule has 0 amide bonds. The summed E-state index contributed by atoms with van der Waals surface area (Å²) in [4.78, 5) is 13.8. The largest absolute Gasteiger partial charge is 0.497 e. The number of rotatable bonds is 5. The minimum absolute atomic E-state index is 0.639. The van der Waals surface area contributed by atoms with Crippen LogP contribution in [-0.4, -0.2) is 48.2 Å². The lowest BCUT2D eigenvalue weighted by molar-refractivity contribution is 0.247. The molecule has 1 saturated heterocycles. The fourth-order valence-corrected chi connectivity index (χ4v) is 4.15. The second-order valence-corrected chi connectivity index (χ2v) is 7.48. The van der Waals surface area contributed by atoms with E-state index in [4.69, 9.17) is 9.72 Å². The minimum atomic E-state index is 0.639. The van der Waals surface area contributed by atoms with E-state index in [1.165, 1.54) is 0 Å². The number of pyridine rings is 1. The summed E-state index contributed by atoms with van der Waals surface area (Å²) in [6, 6.07) is 13.9. The number of aromatic nitrogens is 2. The smallest absolute Gasteiger partial charge is 0.146 e. The van der Waals surface area contributed by atoms with Crippen LogP contribution >= 0.6 is 11.3 Å². The Morgan fingerprint density at radius 3 is 2.64 bits per heavy atom. The maximum atomic E-state index is 9.28. The van der Waals surface area contributed by atoms with Gasteiger partial charge in [-0.25, -0.2) is 9.97 Å². The molecule has 7 heteroatoms. The first-order chi connectivity index (χ1) is 13.8. The summed E-state index contributed by atoms with van der Waals surface area (Å²) in [6.07, 6.45) is 1.75. The van der Waals surface area contributed by atoms with Crippen molar-refractivity contribution in [1.82, 2.24) is 14.9 Å². The highest BCUT2D eigenvalue weighted by atomic mass is 32.1. The van der Waals surface area contributed by atoms with Crippen LogP contribution in [0.1, 0.15) is 11.3 Å². The maximum absolute atomic E-state index is 9.28. The summed E-state index contributed by atoms with van der Waals surface area (Å²) >= 11 is 1.67. The van der Waals surface area contributed by atoms with E-state index < -0.39 is 0 Å². The Morgan fingerprint density at radius 2 is 1.93 bits per heavy atom. The van der Waals surface area contributed by atoms with Gasteiger partial charge in [0.15, 0.2) is 0 Å². The second kappa shape index (κ2) is 8.38. The van der Waals surface area contributed by atoms with Gasteiger partial charge in [-0.15, -0.1) is 11.3 Å². The van der Waals surface area contributed by atoms with E-state index in [9.17, 15) is 5.26 Å². The fourth-order valence-electron chi connectivity index (χ4n) is 3.33. The Kier molecular flexibility index (Phi) is 5.51. The van der Waals surface area contributed by atoms with E-state index in [0.29, 0.717) is 5.56 Å². The van der Waals surface area contributed by atoms with Gasteiger partial charge in [-0.3, -0.25) is 4.90 Å². The van der Waals surface area contributed by atoms with Crippen molar-refractivity contribution in [1.29, 1.82) is 5.26 Å². The van der Waals surface area contributed by atoms with Crippen molar-refractivity contribution < 1.29 is 4.74 Å².